The highest BCUT2D eigenvalue weighted by molar-refractivity contribution is 5.85. The standard InChI is InChI=1S/C13H22O3/c1-4-13(11(14)15-5-2)12(16-13)8-6-7-10(3)9-12/h10H,4-9H2,1-3H3. The van der Waals surface area contributed by atoms with Gasteiger partial charge in [0.15, 0.2) is 5.60 Å². The Labute approximate surface area is 97.5 Å². The Kier molecular flexibility index (Phi) is 2.99. The zero-order chi connectivity index (χ0) is 11.8. The molecule has 1 aliphatic heterocycles. The van der Waals surface area contributed by atoms with E-state index >= 15 is 0 Å². The van der Waals surface area contributed by atoms with Crippen molar-refractivity contribution in [3.05, 3.63) is 0 Å². The summed E-state index contributed by atoms with van der Waals surface area (Å²) in [6, 6.07) is 0. The molecule has 2 rings (SSSR count). The number of carbonyl (C=O) groups excluding carboxylic acids is 1. The maximum Gasteiger partial charge on any atom is 0.341 e. The summed E-state index contributed by atoms with van der Waals surface area (Å²) in [4.78, 5) is 12.0. The smallest absolute Gasteiger partial charge is 0.341 e. The molecule has 1 spiro atoms. The first-order valence-electron chi connectivity index (χ1n) is 6.47. The predicted octanol–water partition coefficient (Wildman–Crippen LogP) is 2.68. The van der Waals surface area contributed by atoms with Crippen molar-refractivity contribution in [1.29, 1.82) is 0 Å². The van der Waals surface area contributed by atoms with Crippen LogP contribution in [0.5, 0.6) is 0 Å². The molecule has 3 nitrogen and oxygen atoms in total. The topological polar surface area (TPSA) is 38.8 Å². The lowest BCUT2D eigenvalue weighted by Crippen LogP contribution is -2.38. The largest absolute Gasteiger partial charge is 0.464 e. The third-order valence-corrected chi connectivity index (χ3v) is 4.12. The molecule has 0 aromatic carbocycles. The van der Waals surface area contributed by atoms with Crippen molar-refractivity contribution in [3.8, 4) is 0 Å². The maximum atomic E-state index is 12.0. The van der Waals surface area contributed by atoms with Gasteiger partial charge < -0.3 is 9.47 Å². The molecule has 0 aromatic heterocycles. The zero-order valence-corrected chi connectivity index (χ0v) is 10.5. The lowest BCUT2D eigenvalue weighted by Gasteiger charge is -2.26. The van der Waals surface area contributed by atoms with Crippen molar-refractivity contribution in [3.63, 3.8) is 0 Å². The Morgan fingerprint density at radius 3 is 2.81 bits per heavy atom. The van der Waals surface area contributed by atoms with E-state index in [9.17, 15) is 4.79 Å². The molecule has 1 saturated heterocycles. The van der Waals surface area contributed by atoms with Gasteiger partial charge in [0.1, 0.15) is 5.60 Å². The van der Waals surface area contributed by atoms with Crippen LogP contribution in [0.2, 0.25) is 0 Å². The van der Waals surface area contributed by atoms with E-state index < -0.39 is 5.60 Å². The van der Waals surface area contributed by atoms with E-state index in [1.165, 1.54) is 12.8 Å². The minimum atomic E-state index is -0.613. The average molecular weight is 226 g/mol. The molecule has 2 fully saturated rings. The van der Waals surface area contributed by atoms with E-state index in [0.29, 0.717) is 12.5 Å². The number of hydrogen-bond donors (Lipinski definition) is 0. The van der Waals surface area contributed by atoms with Crippen LogP contribution < -0.4 is 0 Å². The van der Waals surface area contributed by atoms with E-state index in [1.807, 2.05) is 13.8 Å². The summed E-state index contributed by atoms with van der Waals surface area (Å²) in [5, 5.41) is 0. The first-order valence-corrected chi connectivity index (χ1v) is 6.47. The normalized spacial score (nSPS) is 42.1. The molecule has 1 heterocycles. The van der Waals surface area contributed by atoms with Gasteiger partial charge in [0.25, 0.3) is 0 Å². The number of esters is 1. The molecule has 0 radical (unpaired) electrons. The van der Waals surface area contributed by atoms with Gasteiger partial charge in [-0.3, -0.25) is 0 Å². The highest BCUT2D eigenvalue weighted by Gasteiger charge is 2.74. The van der Waals surface area contributed by atoms with E-state index in [2.05, 4.69) is 6.92 Å². The fourth-order valence-electron chi connectivity index (χ4n) is 3.28. The fourth-order valence-corrected chi connectivity index (χ4v) is 3.28. The summed E-state index contributed by atoms with van der Waals surface area (Å²) in [7, 11) is 0. The van der Waals surface area contributed by atoms with Crippen LogP contribution >= 0.6 is 0 Å². The van der Waals surface area contributed by atoms with Crippen LogP contribution in [-0.4, -0.2) is 23.8 Å². The lowest BCUT2D eigenvalue weighted by molar-refractivity contribution is -0.149. The third kappa shape index (κ3) is 1.56. The van der Waals surface area contributed by atoms with E-state index in [1.54, 1.807) is 0 Å². The number of carbonyl (C=O) groups is 1. The molecular weight excluding hydrogens is 204 g/mol. The van der Waals surface area contributed by atoms with Crippen molar-refractivity contribution >= 4 is 5.97 Å². The molecule has 3 heteroatoms. The Balaban J connectivity index is 2.11. The Morgan fingerprint density at radius 2 is 2.25 bits per heavy atom. The molecule has 0 bridgehead atoms. The molecule has 92 valence electrons. The van der Waals surface area contributed by atoms with Crippen LogP contribution in [0, 0.1) is 5.92 Å². The highest BCUT2D eigenvalue weighted by atomic mass is 16.7. The first kappa shape index (κ1) is 11.9. The Bertz CT molecular complexity index is 289. The van der Waals surface area contributed by atoms with Crippen molar-refractivity contribution < 1.29 is 14.3 Å². The SMILES string of the molecule is CCOC(=O)C1(CC)OC12CCCC(C)C2. The lowest BCUT2D eigenvalue weighted by atomic mass is 9.75. The minimum absolute atomic E-state index is 0.147. The molecule has 2 aliphatic rings. The summed E-state index contributed by atoms with van der Waals surface area (Å²) < 4.78 is 11.1. The average Bonchev–Trinajstić information content (AvgIpc) is 2.87. The summed E-state index contributed by atoms with van der Waals surface area (Å²) in [5.74, 6) is 0.517. The van der Waals surface area contributed by atoms with Gasteiger partial charge in [0.2, 0.25) is 0 Å². The number of ether oxygens (including phenoxy) is 2. The van der Waals surface area contributed by atoms with Gasteiger partial charge in [-0.2, -0.15) is 0 Å². The Morgan fingerprint density at radius 1 is 1.50 bits per heavy atom. The second-order valence-corrected chi connectivity index (χ2v) is 5.20. The van der Waals surface area contributed by atoms with Crippen molar-refractivity contribution in [1.82, 2.24) is 0 Å². The van der Waals surface area contributed by atoms with Gasteiger partial charge in [-0.15, -0.1) is 0 Å². The van der Waals surface area contributed by atoms with Crippen molar-refractivity contribution in [2.45, 2.75) is 64.1 Å². The molecular formula is C13H22O3. The van der Waals surface area contributed by atoms with E-state index in [-0.39, 0.29) is 11.6 Å². The van der Waals surface area contributed by atoms with Crippen LogP contribution in [0.4, 0.5) is 0 Å². The van der Waals surface area contributed by atoms with E-state index in [0.717, 1.165) is 19.3 Å². The van der Waals surface area contributed by atoms with Crippen molar-refractivity contribution in [2.75, 3.05) is 6.61 Å². The van der Waals surface area contributed by atoms with Gasteiger partial charge in [0.05, 0.1) is 6.61 Å². The summed E-state index contributed by atoms with van der Waals surface area (Å²) in [5.41, 5.74) is -0.802. The van der Waals surface area contributed by atoms with Gasteiger partial charge >= 0.3 is 5.97 Å². The maximum absolute atomic E-state index is 12.0. The highest BCUT2D eigenvalue weighted by Crippen LogP contribution is 2.59. The van der Waals surface area contributed by atoms with Crippen LogP contribution in [-0.2, 0) is 14.3 Å². The van der Waals surface area contributed by atoms with Crippen LogP contribution in [0.25, 0.3) is 0 Å². The van der Waals surface area contributed by atoms with Gasteiger partial charge in [-0.25, -0.2) is 4.79 Å². The van der Waals surface area contributed by atoms with Crippen LogP contribution in [0.3, 0.4) is 0 Å². The van der Waals surface area contributed by atoms with Gasteiger partial charge in [0, 0.05) is 0 Å². The second kappa shape index (κ2) is 4.02. The predicted molar refractivity (Wildman–Crippen MR) is 61.1 cm³/mol. The van der Waals surface area contributed by atoms with E-state index in [4.69, 9.17) is 9.47 Å². The molecule has 0 aromatic rings. The molecule has 0 N–H and O–H groups in total. The quantitative estimate of drug-likeness (QED) is 0.548. The molecule has 3 unspecified atom stereocenters. The second-order valence-electron chi connectivity index (χ2n) is 5.20. The summed E-state index contributed by atoms with van der Waals surface area (Å²) in [6.45, 7) is 6.55. The molecule has 0 amide bonds. The van der Waals surface area contributed by atoms with Crippen LogP contribution in [0.15, 0.2) is 0 Å². The molecule has 1 aliphatic carbocycles. The molecule has 3 atom stereocenters. The summed E-state index contributed by atoms with van der Waals surface area (Å²) >= 11 is 0. The summed E-state index contributed by atoms with van der Waals surface area (Å²) in [6.07, 6.45) is 5.19. The monoisotopic (exact) mass is 226 g/mol. The van der Waals surface area contributed by atoms with Gasteiger partial charge in [-0.05, 0) is 32.1 Å². The van der Waals surface area contributed by atoms with Gasteiger partial charge in [-0.1, -0.05) is 26.7 Å². The third-order valence-electron chi connectivity index (χ3n) is 4.12. The molecule has 16 heavy (non-hydrogen) atoms. The number of rotatable bonds is 3. The minimum Gasteiger partial charge on any atom is -0.464 e. The Hall–Kier alpha value is -0.570. The number of epoxide rings is 1. The number of hydrogen-bond acceptors (Lipinski definition) is 3. The fraction of sp³-hybridized carbons (Fsp3) is 0.923. The van der Waals surface area contributed by atoms with Crippen molar-refractivity contribution in [2.24, 2.45) is 5.92 Å². The zero-order valence-electron chi connectivity index (χ0n) is 10.5. The first-order chi connectivity index (χ1) is 7.60. The molecule has 1 saturated carbocycles. The van der Waals surface area contributed by atoms with Crippen LogP contribution in [0.1, 0.15) is 52.9 Å².